The van der Waals surface area contributed by atoms with Crippen molar-refractivity contribution in [1.82, 2.24) is 9.47 Å². The van der Waals surface area contributed by atoms with Crippen LogP contribution in [0.2, 0.25) is 0 Å². The lowest BCUT2D eigenvalue weighted by Crippen LogP contribution is -2.33. The van der Waals surface area contributed by atoms with E-state index < -0.39 is 23.7 Å². The van der Waals surface area contributed by atoms with Gasteiger partial charge in [-0.1, -0.05) is 66.7 Å². The van der Waals surface area contributed by atoms with Crippen LogP contribution in [0.25, 0.3) is 27.8 Å². The van der Waals surface area contributed by atoms with Crippen LogP contribution in [0.1, 0.15) is 16.8 Å². The average Bonchev–Trinajstić information content (AvgIpc) is 3.42. The molecule has 0 saturated carbocycles. The van der Waals surface area contributed by atoms with Crippen molar-refractivity contribution in [1.29, 1.82) is 0 Å². The van der Waals surface area contributed by atoms with Gasteiger partial charge in [0.15, 0.2) is 0 Å². The van der Waals surface area contributed by atoms with Crippen LogP contribution in [0.5, 0.6) is 5.75 Å². The van der Waals surface area contributed by atoms with E-state index in [4.69, 9.17) is 9.84 Å². The van der Waals surface area contributed by atoms with Crippen molar-refractivity contribution in [2.75, 3.05) is 6.54 Å². The molecule has 0 aliphatic carbocycles. The number of carbonyl (C=O) groups excluding carboxylic acids is 2. The number of rotatable bonds is 8. The van der Waals surface area contributed by atoms with E-state index in [9.17, 15) is 14.4 Å². The molecule has 1 aliphatic heterocycles. The molecule has 6 rings (SSSR count). The molecule has 40 heavy (non-hydrogen) atoms. The zero-order valence-electron chi connectivity index (χ0n) is 21.3. The number of benzene rings is 4. The van der Waals surface area contributed by atoms with Gasteiger partial charge in [0, 0.05) is 23.1 Å². The number of hydrogen-bond donors (Lipinski definition) is 1. The maximum absolute atomic E-state index is 12.9. The second-order valence-corrected chi connectivity index (χ2v) is 10.5. The van der Waals surface area contributed by atoms with E-state index in [-0.39, 0.29) is 4.91 Å². The number of nitrogens with zero attached hydrogens (tertiary/aromatic N) is 2. The van der Waals surface area contributed by atoms with Gasteiger partial charge in [-0.05, 0) is 70.1 Å². The highest BCUT2D eigenvalue weighted by atomic mass is 32.2. The lowest BCUT2D eigenvalue weighted by molar-refractivity contribution is -0.140. The molecule has 0 radical (unpaired) electrons. The Morgan fingerprint density at radius 3 is 2.40 bits per heavy atom. The molecule has 0 bridgehead atoms. The van der Waals surface area contributed by atoms with Gasteiger partial charge in [0.05, 0.1) is 4.91 Å². The number of ether oxygens (including phenoxy) is 1. The predicted octanol–water partition coefficient (Wildman–Crippen LogP) is 6.54. The number of fused-ring (bicyclic) bond motifs is 2. The number of carbonyl (C=O) groups is 3. The molecule has 1 aliphatic rings. The number of carboxylic acids is 1. The van der Waals surface area contributed by atoms with Crippen LogP contribution in [0, 0.1) is 0 Å². The van der Waals surface area contributed by atoms with E-state index in [0.717, 1.165) is 55.2 Å². The third-order valence-electron chi connectivity index (χ3n) is 6.75. The summed E-state index contributed by atoms with van der Waals surface area (Å²) in [7, 11) is 0. The largest absolute Gasteiger partial charge is 0.489 e. The minimum Gasteiger partial charge on any atom is -0.489 e. The third-order valence-corrected chi connectivity index (χ3v) is 7.66. The van der Waals surface area contributed by atoms with Gasteiger partial charge < -0.3 is 14.4 Å². The minimum absolute atomic E-state index is 0.189. The highest BCUT2D eigenvalue weighted by molar-refractivity contribution is 8.18. The second-order valence-electron chi connectivity index (χ2n) is 9.49. The van der Waals surface area contributed by atoms with Crippen molar-refractivity contribution in [2.24, 2.45) is 0 Å². The molecule has 1 aromatic heterocycles. The summed E-state index contributed by atoms with van der Waals surface area (Å²) < 4.78 is 8.13. The molecule has 198 valence electrons. The van der Waals surface area contributed by atoms with Gasteiger partial charge in [-0.3, -0.25) is 19.3 Å². The molecule has 0 unspecified atom stereocenters. The second kappa shape index (κ2) is 10.7. The van der Waals surface area contributed by atoms with E-state index in [1.54, 1.807) is 6.08 Å². The Balaban J connectivity index is 1.38. The monoisotopic (exact) mass is 548 g/mol. The van der Waals surface area contributed by atoms with Crippen molar-refractivity contribution >= 4 is 56.6 Å². The molecule has 1 fully saturated rings. The molecule has 0 atom stereocenters. The smallest absolute Gasteiger partial charge is 0.323 e. The highest BCUT2D eigenvalue weighted by Gasteiger charge is 2.36. The van der Waals surface area contributed by atoms with E-state index in [0.29, 0.717) is 18.9 Å². The fraction of sp³-hybridized carbons (Fsp3) is 0.0938. The van der Waals surface area contributed by atoms with E-state index in [1.165, 1.54) is 0 Å². The summed E-state index contributed by atoms with van der Waals surface area (Å²) in [6, 6.07) is 32.2. The Kier molecular flexibility index (Phi) is 6.84. The molecule has 7 nitrogen and oxygen atoms in total. The van der Waals surface area contributed by atoms with Gasteiger partial charge >= 0.3 is 5.97 Å². The Morgan fingerprint density at radius 2 is 1.60 bits per heavy atom. The zero-order chi connectivity index (χ0) is 27.6. The quantitative estimate of drug-likeness (QED) is 0.222. The Hall–Kier alpha value is -4.82. The summed E-state index contributed by atoms with van der Waals surface area (Å²) in [4.78, 5) is 37.4. The van der Waals surface area contributed by atoms with E-state index >= 15 is 0 Å². The summed E-state index contributed by atoms with van der Waals surface area (Å²) in [5, 5.41) is 11.7. The van der Waals surface area contributed by atoms with Crippen molar-refractivity contribution in [2.45, 2.75) is 13.2 Å². The Labute approximate surface area is 234 Å². The highest BCUT2D eigenvalue weighted by Crippen LogP contribution is 2.34. The molecular formula is C32H24N2O5S. The number of hydrogen-bond acceptors (Lipinski definition) is 5. The van der Waals surface area contributed by atoms with Crippen LogP contribution < -0.4 is 4.74 Å². The molecule has 1 N–H and O–H groups in total. The molecule has 4 aromatic carbocycles. The van der Waals surface area contributed by atoms with Crippen LogP contribution >= 0.6 is 11.8 Å². The third kappa shape index (κ3) is 5.21. The molecule has 2 heterocycles. The summed E-state index contributed by atoms with van der Waals surface area (Å²) in [5.74, 6) is -1.13. The summed E-state index contributed by atoms with van der Waals surface area (Å²) >= 11 is 0.751. The van der Waals surface area contributed by atoms with Crippen LogP contribution in [0.3, 0.4) is 0 Å². The van der Waals surface area contributed by atoms with Crippen LogP contribution in [0.4, 0.5) is 4.79 Å². The van der Waals surface area contributed by atoms with Gasteiger partial charge in [0.2, 0.25) is 0 Å². The summed E-state index contributed by atoms with van der Waals surface area (Å²) in [6.07, 6.45) is 1.66. The molecular weight excluding hydrogens is 524 g/mol. The molecule has 1 saturated heterocycles. The number of amides is 2. The zero-order valence-corrected chi connectivity index (χ0v) is 22.1. The summed E-state index contributed by atoms with van der Waals surface area (Å²) in [6.45, 7) is 0.307. The molecule has 5 aromatic rings. The van der Waals surface area contributed by atoms with Crippen LogP contribution in [-0.2, 0) is 22.7 Å². The van der Waals surface area contributed by atoms with Gasteiger partial charge in [-0.2, -0.15) is 0 Å². The van der Waals surface area contributed by atoms with E-state index in [2.05, 4.69) is 34.9 Å². The first-order valence-electron chi connectivity index (χ1n) is 12.7. The lowest BCUT2D eigenvalue weighted by atomic mass is 10.1. The fourth-order valence-corrected chi connectivity index (χ4v) is 5.65. The standard InChI is InChI=1S/C32H24N2O5S/c35-30(36)19-34-31(37)29(40-32(34)38)17-26-15-25-16-27(39-20-21-6-2-1-3-7-21)12-13-28(25)33(26)18-22-10-11-23-8-4-5-9-24(23)14-22/h1-17H,18-20H2,(H,35,36)/b29-17+. The van der Waals surface area contributed by atoms with Crippen molar-refractivity contribution in [3.63, 3.8) is 0 Å². The van der Waals surface area contributed by atoms with Gasteiger partial charge in [0.25, 0.3) is 11.1 Å². The van der Waals surface area contributed by atoms with Crippen molar-refractivity contribution in [3.8, 4) is 5.75 Å². The predicted molar refractivity (Wildman–Crippen MR) is 156 cm³/mol. The van der Waals surface area contributed by atoms with Crippen LogP contribution in [-0.4, -0.2) is 38.2 Å². The first kappa shape index (κ1) is 25.5. The van der Waals surface area contributed by atoms with Crippen molar-refractivity contribution in [3.05, 3.63) is 119 Å². The van der Waals surface area contributed by atoms with Crippen LogP contribution in [0.15, 0.2) is 102 Å². The normalized spacial score (nSPS) is 14.5. The number of aliphatic carboxylic acids is 1. The van der Waals surface area contributed by atoms with Gasteiger partial charge in [-0.15, -0.1) is 0 Å². The first-order chi connectivity index (χ1) is 19.4. The number of aromatic nitrogens is 1. The lowest BCUT2D eigenvalue weighted by Gasteiger charge is -2.11. The molecule has 8 heteroatoms. The molecule has 0 spiro atoms. The van der Waals surface area contributed by atoms with Crippen molar-refractivity contribution < 1.29 is 24.2 Å². The maximum atomic E-state index is 12.9. The molecule has 2 amide bonds. The average molecular weight is 549 g/mol. The maximum Gasteiger partial charge on any atom is 0.323 e. The Bertz CT molecular complexity index is 1810. The first-order valence-corrected chi connectivity index (χ1v) is 13.5. The topological polar surface area (TPSA) is 88.8 Å². The van der Waals surface area contributed by atoms with Gasteiger partial charge in [-0.25, -0.2) is 0 Å². The number of thioether (sulfide) groups is 1. The van der Waals surface area contributed by atoms with Gasteiger partial charge in [0.1, 0.15) is 18.9 Å². The Morgan fingerprint density at radius 1 is 0.825 bits per heavy atom. The number of imide groups is 1. The summed E-state index contributed by atoms with van der Waals surface area (Å²) in [5.41, 5.74) is 3.81. The SMILES string of the molecule is O=C(O)CN1C(=O)S/C(=C/c2cc3cc(OCc4ccccc4)ccc3n2Cc2ccc3ccccc3c2)C1=O. The minimum atomic E-state index is -1.24. The van der Waals surface area contributed by atoms with E-state index in [1.807, 2.05) is 66.7 Å². The fourth-order valence-electron chi connectivity index (χ4n) is 4.82. The number of carboxylic acid groups (broad SMARTS) is 1.